The summed E-state index contributed by atoms with van der Waals surface area (Å²) in [5, 5.41) is 2.61. The van der Waals surface area contributed by atoms with Crippen LogP contribution in [0.25, 0.3) is 22.2 Å². The minimum Gasteiger partial charge on any atom is -0.366 e. The molecule has 3 aromatic rings. The summed E-state index contributed by atoms with van der Waals surface area (Å²) in [6.45, 7) is 1.42. The number of carbonyl (C=O) groups is 2. The number of amides is 2. The Balaban J connectivity index is 2.02. The highest BCUT2D eigenvalue weighted by Gasteiger charge is 2.07. The second-order valence-corrected chi connectivity index (χ2v) is 4.94. The van der Waals surface area contributed by atoms with Gasteiger partial charge in [-0.3, -0.25) is 14.9 Å². The van der Waals surface area contributed by atoms with Gasteiger partial charge in [-0.05, 0) is 35.4 Å². The van der Waals surface area contributed by atoms with E-state index in [9.17, 15) is 9.59 Å². The summed E-state index contributed by atoms with van der Waals surface area (Å²) in [6, 6.07) is 12.8. The Hall–Kier alpha value is -3.15. The molecule has 0 aliphatic rings. The lowest BCUT2D eigenvalue weighted by Crippen LogP contribution is -2.10. The first kappa shape index (κ1) is 13.8. The van der Waals surface area contributed by atoms with E-state index in [1.165, 1.54) is 6.92 Å². The summed E-state index contributed by atoms with van der Waals surface area (Å²) in [4.78, 5) is 29.6. The lowest BCUT2D eigenvalue weighted by atomic mass is 10.0. The summed E-state index contributed by atoms with van der Waals surface area (Å²) >= 11 is 0. The monoisotopic (exact) mass is 294 g/mol. The molecule has 0 spiro atoms. The summed E-state index contributed by atoms with van der Waals surface area (Å²) in [5.74, 6) is -0.239. The molecule has 0 radical (unpaired) electrons. The van der Waals surface area contributed by atoms with Crippen molar-refractivity contribution in [3.8, 4) is 11.1 Å². The van der Waals surface area contributed by atoms with Crippen LogP contribution in [0.4, 0.5) is 5.95 Å². The van der Waals surface area contributed by atoms with E-state index in [0.29, 0.717) is 11.5 Å². The van der Waals surface area contributed by atoms with Crippen LogP contribution in [0.5, 0.6) is 0 Å². The van der Waals surface area contributed by atoms with Crippen LogP contribution >= 0.6 is 0 Å². The van der Waals surface area contributed by atoms with E-state index in [1.807, 2.05) is 24.3 Å². The van der Waals surface area contributed by atoms with Crippen molar-refractivity contribution in [2.45, 2.75) is 6.92 Å². The van der Waals surface area contributed by atoms with E-state index in [0.717, 1.165) is 22.2 Å². The van der Waals surface area contributed by atoms with Gasteiger partial charge in [-0.1, -0.05) is 18.2 Å². The number of nitrogens with one attached hydrogen (secondary N) is 2. The van der Waals surface area contributed by atoms with Crippen molar-refractivity contribution in [1.82, 2.24) is 9.97 Å². The number of benzene rings is 2. The lowest BCUT2D eigenvalue weighted by Gasteiger charge is -2.03. The van der Waals surface area contributed by atoms with Gasteiger partial charge in [0.1, 0.15) is 0 Å². The molecule has 0 saturated carbocycles. The second-order valence-electron chi connectivity index (χ2n) is 4.94. The first-order valence-electron chi connectivity index (χ1n) is 6.70. The van der Waals surface area contributed by atoms with E-state index in [1.54, 1.807) is 18.2 Å². The van der Waals surface area contributed by atoms with Gasteiger partial charge >= 0.3 is 0 Å². The van der Waals surface area contributed by atoms with E-state index in [-0.39, 0.29) is 5.91 Å². The van der Waals surface area contributed by atoms with Crippen LogP contribution in [0.1, 0.15) is 17.3 Å². The maximum atomic E-state index is 11.3. The fraction of sp³-hybridized carbons (Fsp3) is 0.0625. The van der Waals surface area contributed by atoms with Crippen molar-refractivity contribution in [1.29, 1.82) is 0 Å². The molecule has 0 saturated heterocycles. The molecule has 2 amide bonds. The van der Waals surface area contributed by atoms with Crippen molar-refractivity contribution in [2.75, 3.05) is 5.32 Å². The molecule has 1 heterocycles. The average Bonchev–Trinajstić information content (AvgIpc) is 2.87. The fourth-order valence-electron chi connectivity index (χ4n) is 2.27. The van der Waals surface area contributed by atoms with Crippen molar-refractivity contribution in [3.63, 3.8) is 0 Å². The maximum Gasteiger partial charge on any atom is 0.248 e. The molecule has 4 N–H and O–H groups in total. The number of carbonyl (C=O) groups excluding carboxylic acids is 2. The number of nitrogens with zero attached hydrogens (tertiary/aromatic N) is 1. The summed E-state index contributed by atoms with van der Waals surface area (Å²) in [5.41, 5.74) is 9.12. The number of nitrogens with two attached hydrogens (primary N) is 1. The Kier molecular flexibility index (Phi) is 3.34. The van der Waals surface area contributed by atoms with E-state index >= 15 is 0 Å². The SMILES string of the molecule is CC(=O)Nc1nc2ccc(-c3cccc(C(N)=O)c3)cc2[nH]1. The molecule has 2 aromatic carbocycles. The molecule has 1 aromatic heterocycles. The number of aromatic amines is 1. The normalized spacial score (nSPS) is 10.6. The van der Waals surface area contributed by atoms with Gasteiger partial charge in [0, 0.05) is 12.5 Å². The highest BCUT2D eigenvalue weighted by molar-refractivity contribution is 5.95. The second kappa shape index (κ2) is 5.33. The number of fused-ring (bicyclic) bond motifs is 1. The first-order valence-corrected chi connectivity index (χ1v) is 6.70. The number of anilines is 1. The zero-order valence-electron chi connectivity index (χ0n) is 11.9. The Bertz CT molecular complexity index is 883. The molecule has 0 unspecified atom stereocenters. The maximum absolute atomic E-state index is 11.3. The summed E-state index contributed by atoms with van der Waals surface area (Å²) in [6.07, 6.45) is 0. The van der Waals surface area contributed by atoms with E-state index < -0.39 is 5.91 Å². The van der Waals surface area contributed by atoms with Crippen molar-refractivity contribution in [3.05, 3.63) is 48.0 Å². The number of aromatic nitrogens is 2. The van der Waals surface area contributed by atoms with Crippen LogP contribution in [0.2, 0.25) is 0 Å². The van der Waals surface area contributed by atoms with Gasteiger partial charge in [0.05, 0.1) is 11.0 Å². The van der Waals surface area contributed by atoms with Crippen LogP contribution in [-0.2, 0) is 4.79 Å². The molecule has 0 aliphatic heterocycles. The van der Waals surface area contributed by atoms with Crippen molar-refractivity contribution in [2.24, 2.45) is 5.73 Å². The fourth-order valence-corrected chi connectivity index (χ4v) is 2.27. The van der Waals surface area contributed by atoms with Gasteiger partial charge in [0.2, 0.25) is 17.8 Å². The van der Waals surface area contributed by atoms with Gasteiger partial charge in [0.15, 0.2) is 0 Å². The predicted molar refractivity (Wildman–Crippen MR) is 84.4 cm³/mol. The number of imidazole rings is 1. The third kappa shape index (κ3) is 2.67. The third-order valence-electron chi connectivity index (χ3n) is 3.26. The summed E-state index contributed by atoms with van der Waals surface area (Å²) in [7, 11) is 0. The molecular formula is C16H14N4O2. The summed E-state index contributed by atoms with van der Waals surface area (Å²) < 4.78 is 0. The first-order chi connectivity index (χ1) is 10.5. The zero-order chi connectivity index (χ0) is 15.7. The van der Waals surface area contributed by atoms with Crippen molar-refractivity contribution < 1.29 is 9.59 Å². The molecule has 0 aliphatic carbocycles. The minimum atomic E-state index is -0.461. The average molecular weight is 294 g/mol. The van der Waals surface area contributed by atoms with Gasteiger partial charge in [0.25, 0.3) is 0 Å². The molecular weight excluding hydrogens is 280 g/mol. The Morgan fingerprint density at radius 2 is 1.91 bits per heavy atom. The van der Waals surface area contributed by atoms with Gasteiger partial charge in [-0.15, -0.1) is 0 Å². The molecule has 0 atom stereocenters. The van der Waals surface area contributed by atoms with Crippen LogP contribution in [-0.4, -0.2) is 21.8 Å². The zero-order valence-corrected chi connectivity index (χ0v) is 11.9. The van der Waals surface area contributed by atoms with Crippen LogP contribution in [0.15, 0.2) is 42.5 Å². The molecule has 0 fully saturated rings. The Morgan fingerprint density at radius 1 is 1.14 bits per heavy atom. The number of rotatable bonds is 3. The molecule has 6 heteroatoms. The molecule has 6 nitrogen and oxygen atoms in total. The Morgan fingerprint density at radius 3 is 2.64 bits per heavy atom. The quantitative estimate of drug-likeness (QED) is 0.690. The van der Waals surface area contributed by atoms with Gasteiger partial charge in [-0.2, -0.15) is 0 Å². The van der Waals surface area contributed by atoms with Crippen LogP contribution < -0.4 is 11.1 Å². The number of H-pyrrole nitrogens is 1. The number of hydrogen-bond donors (Lipinski definition) is 3. The molecule has 22 heavy (non-hydrogen) atoms. The minimum absolute atomic E-state index is 0.187. The van der Waals surface area contributed by atoms with Gasteiger partial charge in [-0.25, -0.2) is 4.98 Å². The smallest absolute Gasteiger partial charge is 0.248 e. The predicted octanol–water partition coefficient (Wildman–Crippen LogP) is 2.29. The molecule has 110 valence electrons. The number of hydrogen-bond acceptors (Lipinski definition) is 3. The Labute approximate surface area is 126 Å². The molecule has 0 bridgehead atoms. The highest BCUT2D eigenvalue weighted by Crippen LogP contribution is 2.25. The largest absolute Gasteiger partial charge is 0.366 e. The van der Waals surface area contributed by atoms with E-state index in [2.05, 4.69) is 15.3 Å². The standard InChI is InChI=1S/C16H14N4O2/c1-9(21)18-16-19-13-6-5-11(8-14(13)20-16)10-3-2-4-12(7-10)15(17)22/h2-8H,1H3,(H2,17,22)(H2,18,19,20,21). The number of primary amides is 1. The van der Waals surface area contributed by atoms with Crippen molar-refractivity contribution >= 4 is 28.8 Å². The van der Waals surface area contributed by atoms with Gasteiger partial charge < -0.3 is 10.7 Å². The van der Waals surface area contributed by atoms with E-state index in [4.69, 9.17) is 5.73 Å². The van der Waals surface area contributed by atoms with Crippen LogP contribution in [0.3, 0.4) is 0 Å². The highest BCUT2D eigenvalue weighted by atomic mass is 16.1. The molecule has 3 rings (SSSR count). The topological polar surface area (TPSA) is 101 Å². The third-order valence-corrected chi connectivity index (χ3v) is 3.26. The van der Waals surface area contributed by atoms with Crippen LogP contribution in [0, 0.1) is 0 Å². The lowest BCUT2D eigenvalue weighted by molar-refractivity contribution is -0.114.